The largest absolute Gasteiger partial charge is 0.508 e. The SMILES string of the molecule is O=C(OCc1cc(=O)oc2cc(O)ccc12)c1cccs1. The van der Waals surface area contributed by atoms with Gasteiger partial charge in [0.05, 0.1) is 0 Å². The molecule has 0 unspecified atom stereocenters. The predicted molar refractivity (Wildman–Crippen MR) is 77.6 cm³/mol. The number of aromatic hydroxyl groups is 1. The van der Waals surface area contributed by atoms with E-state index in [4.69, 9.17) is 9.15 Å². The minimum absolute atomic E-state index is 0.00150. The van der Waals surface area contributed by atoms with E-state index in [1.54, 1.807) is 23.6 Å². The van der Waals surface area contributed by atoms with Crippen LogP contribution in [-0.4, -0.2) is 11.1 Å². The number of hydrogen-bond donors (Lipinski definition) is 1. The van der Waals surface area contributed by atoms with E-state index in [1.165, 1.54) is 29.5 Å². The molecular formula is C15H10O5S. The first-order chi connectivity index (χ1) is 10.1. The summed E-state index contributed by atoms with van der Waals surface area (Å²) in [5.74, 6) is -0.441. The zero-order valence-electron chi connectivity index (χ0n) is 10.7. The van der Waals surface area contributed by atoms with Crippen molar-refractivity contribution in [3.05, 3.63) is 62.6 Å². The van der Waals surface area contributed by atoms with Crippen molar-refractivity contribution in [2.24, 2.45) is 0 Å². The minimum atomic E-state index is -0.560. The van der Waals surface area contributed by atoms with Crippen molar-refractivity contribution in [2.45, 2.75) is 6.61 Å². The van der Waals surface area contributed by atoms with Gasteiger partial charge < -0.3 is 14.3 Å². The number of phenols is 1. The number of hydrogen-bond acceptors (Lipinski definition) is 6. The Morgan fingerprint density at radius 3 is 2.90 bits per heavy atom. The summed E-state index contributed by atoms with van der Waals surface area (Å²) in [7, 11) is 0. The zero-order valence-corrected chi connectivity index (χ0v) is 11.6. The van der Waals surface area contributed by atoms with E-state index in [-0.39, 0.29) is 17.9 Å². The highest BCUT2D eigenvalue weighted by Crippen LogP contribution is 2.22. The van der Waals surface area contributed by atoms with E-state index in [0.717, 1.165) is 0 Å². The highest BCUT2D eigenvalue weighted by atomic mass is 32.1. The van der Waals surface area contributed by atoms with Gasteiger partial charge in [0.15, 0.2) is 0 Å². The Bertz CT molecular complexity index is 848. The van der Waals surface area contributed by atoms with Gasteiger partial charge in [-0.05, 0) is 23.6 Å². The van der Waals surface area contributed by atoms with Crippen molar-refractivity contribution in [3.63, 3.8) is 0 Å². The average molecular weight is 302 g/mol. The highest BCUT2D eigenvalue weighted by Gasteiger charge is 2.11. The molecule has 1 aromatic carbocycles. The third-order valence-corrected chi connectivity index (χ3v) is 3.74. The van der Waals surface area contributed by atoms with Crippen LogP contribution >= 0.6 is 11.3 Å². The molecule has 21 heavy (non-hydrogen) atoms. The molecule has 0 spiro atoms. The van der Waals surface area contributed by atoms with Crippen LogP contribution in [-0.2, 0) is 11.3 Å². The smallest absolute Gasteiger partial charge is 0.348 e. The Morgan fingerprint density at radius 1 is 1.29 bits per heavy atom. The molecule has 6 heteroatoms. The zero-order chi connectivity index (χ0) is 14.8. The summed E-state index contributed by atoms with van der Waals surface area (Å²) in [6, 6.07) is 9.15. The second kappa shape index (κ2) is 5.41. The lowest BCUT2D eigenvalue weighted by Gasteiger charge is -2.06. The van der Waals surface area contributed by atoms with Crippen LogP contribution < -0.4 is 5.63 Å². The number of thiophene rings is 1. The average Bonchev–Trinajstić information content (AvgIpc) is 2.97. The summed E-state index contributed by atoms with van der Waals surface area (Å²) in [4.78, 5) is 23.8. The fourth-order valence-corrected chi connectivity index (χ4v) is 2.56. The van der Waals surface area contributed by atoms with Crippen LogP contribution in [0.5, 0.6) is 5.75 Å². The number of ether oxygens (including phenoxy) is 1. The second-order valence-corrected chi connectivity index (χ2v) is 5.27. The van der Waals surface area contributed by atoms with Gasteiger partial charge in [0.2, 0.25) is 0 Å². The molecule has 0 atom stereocenters. The van der Waals surface area contributed by atoms with Crippen LogP contribution in [0.3, 0.4) is 0 Å². The molecule has 0 aliphatic heterocycles. The number of carbonyl (C=O) groups excluding carboxylic acids is 1. The Morgan fingerprint density at radius 2 is 2.14 bits per heavy atom. The summed E-state index contributed by atoms with van der Waals surface area (Å²) in [6.45, 7) is -0.0381. The van der Waals surface area contributed by atoms with Crippen LogP contribution in [0, 0.1) is 0 Å². The Labute approximate surface area is 123 Å². The fraction of sp³-hybridized carbons (Fsp3) is 0.0667. The van der Waals surface area contributed by atoms with E-state index in [1.807, 2.05) is 0 Å². The van der Waals surface area contributed by atoms with Crippen molar-refractivity contribution >= 4 is 28.3 Å². The molecule has 3 rings (SSSR count). The number of benzene rings is 1. The van der Waals surface area contributed by atoms with Gasteiger partial charge in [-0.1, -0.05) is 6.07 Å². The molecular weight excluding hydrogens is 292 g/mol. The first kappa shape index (κ1) is 13.4. The molecule has 0 radical (unpaired) electrons. The third kappa shape index (κ3) is 2.80. The van der Waals surface area contributed by atoms with Crippen LogP contribution in [0.4, 0.5) is 0 Å². The van der Waals surface area contributed by atoms with Gasteiger partial charge in [-0.15, -0.1) is 11.3 Å². The van der Waals surface area contributed by atoms with Gasteiger partial charge in [-0.25, -0.2) is 9.59 Å². The summed E-state index contributed by atoms with van der Waals surface area (Å²) >= 11 is 1.29. The molecule has 0 saturated carbocycles. The van der Waals surface area contributed by atoms with Crippen molar-refractivity contribution in [1.29, 1.82) is 0 Å². The molecule has 1 N–H and O–H groups in total. The maximum atomic E-state index is 11.8. The first-order valence-electron chi connectivity index (χ1n) is 6.10. The lowest BCUT2D eigenvalue weighted by atomic mass is 10.1. The number of rotatable bonds is 3. The molecule has 0 amide bonds. The number of fused-ring (bicyclic) bond motifs is 1. The second-order valence-electron chi connectivity index (χ2n) is 4.32. The molecule has 106 valence electrons. The van der Waals surface area contributed by atoms with Crippen LogP contribution in [0.2, 0.25) is 0 Å². The van der Waals surface area contributed by atoms with E-state index >= 15 is 0 Å². The number of esters is 1. The van der Waals surface area contributed by atoms with Gasteiger partial charge >= 0.3 is 11.6 Å². The highest BCUT2D eigenvalue weighted by molar-refractivity contribution is 7.11. The maximum absolute atomic E-state index is 11.8. The first-order valence-corrected chi connectivity index (χ1v) is 6.98. The maximum Gasteiger partial charge on any atom is 0.348 e. The summed E-state index contributed by atoms with van der Waals surface area (Å²) in [5, 5.41) is 11.8. The van der Waals surface area contributed by atoms with Gasteiger partial charge in [-0.2, -0.15) is 0 Å². The number of phenolic OH excluding ortho intramolecular Hbond substituents is 1. The van der Waals surface area contributed by atoms with Crippen molar-refractivity contribution in [3.8, 4) is 5.75 Å². The normalized spacial score (nSPS) is 10.7. The van der Waals surface area contributed by atoms with E-state index < -0.39 is 11.6 Å². The lowest BCUT2D eigenvalue weighted by molar-refractivity contribution is 0.0479. The molecule has 0 aliphatic rings. The predicted octanol–water partition coefficient (Wildman–Crippen LogP) is 2.92. The van der Waals surface area contributed by atoms with Gasteiger partial charge in [-0.3, -0.25) is 0 Å². The van der Waals surface area contributed by atoms with Gasteiger partial charge in [0, 0.05) is 23.1 Å². The van der Waals surface area contributed by atoms with E-state index in [2.05, 4.69) is 0 Å². The summed E-state index contributed by atoms with van der Waals surface area (Å²) < 4.78 is 10.2. The Hall–Kier alpha value is -2.60. The van der Waals surface area contributed by atoms with Crippen LogP contribution in [0.25, 0.3) is 11.0 Å². The van der Waals surface area contributed by atoms with Crippen molar-refractivity contribution in [1.82, 2.24) is 0 Å². The molecule has 0 saturated heterocycles. The third-order valence-electron chi connectivity index (χ3n) is 2.89. The molecule has 2 aromatic heterocycles. The van der Waals surface area contributed by atoms with E-state index in [9.17, 15) is 14.7 Å². The molecule has 3 aromatic rings. The van der Waals surface area contributed by atoms with Gasteiger partial charge in [0.1, 0.15) is 22.8 Å². The molecule has 5 nitrogen and oxygen atoms in total. The Balaban J connectivity index is 1.90. The van der Waals surface area contributed by atoms with Crippen molar-refractivity contribution in [2.75, 3.05) is 0 Å². The minimum Gasteiger partial charge on any atom is -0.508 e. The monoisotopic (exact) mass is 302 g/mol. The van der Waals surface area contributed by atoms with Crippen molar-refractivity contribution < 1.29 is 19.1 Å². The fourth-order valence-electron chi connectivity index (χ4n) is 1.95. The summed E-state index contributed by atoms with van der Waals surface area (Å²) in [6.07, 6.45) is 0. The van der Waals surface area contributed by atoms with Crippen LogP contribution in [0.1, 0.15) is 15.2 Å². The molecule has 2 heterocycles. The summed E-state index contributed by atoms with van der Waals surface area (Å²) in [5.41, 5.74) is 0.228. The molecule has 0 aliphatic carbocycles. The van der Waals surface area contributed by atoms with Gasteiger partial charge in [0.25, 0.3) is 0 Å². The molecule has 0 bridgehead atoms. The van der Waals surface area contributed by atoms with E-state index in [0.29, 0.717) is 15.8 Å². The quantitative estimate of drug-likeness (QED) is 0.594. The topological polar surface area (TPSA) is 76.7 Å². The standard InChI is InChI=1S/C15H10O5S/c16-10-3-4-11-9(6-14(17)20-12(11)7-10)8-19-15(18)13-2-1-5-21-13/h1-7,16H,8H2. The number of carbonyl (C=O) groups is 1. The Kier molecular flexibility index (Phi) is 3.45. The molecule has 0 fully saturated rings. The van der Waals surface area contributed by atoms with Crippen LogP contribution in [0.15, 0.2) is 51.0 Å². The lowest BCUT2D eigenvalue weighted by Crippen LogP contribution is -2.06.